The lowest BCUT2D eigenvalue weighted by Gasteiger charge is -2.44. The molecule has 0 radical (unpaired) electrons. The van der Waals surface area contributed by atoms with Crippen LogP contribution in [0, 0.1) is 5.92 Å². The van der Waals surface area contributed by atoms with E-state index in [1.165, 1.54) is 4.90 Å². The van der Waals surface area contributed by atoms with E-state index < -0.39 is 18.0 Å². The Bertz CT molecular complexity index is 953. The molecule has 0 aliphatic carbocycles. The summed E-state index contributed by atoms with van der Waals surface area (Å²) in [7, 11) is 1.89. The highest BCUT2D eigenvalue weighted by Crippen LogP contribution is 2.46. The highest BCUT2D eigenvalue weighted by Gasteiger charge is 2.56. The average Bonchev–Trinajstić information content (AvgIpc) is 3.23. The van der Waals surface area contributed by atoms with Gasteiger partial charge in [0.1, 0.15) is 11.9 Å². The predicted molar refractivity (Wildman–Crippen MR) is 108 cm³/mol. The topological polar surface area (TPSA) is 123 Å². The largest absolute Gasteiger partial charge is 0.477 e. The van der Waals surface area contributed by atoms with Crippen LogP contribution in [0.1, 0.15) is 24.5 Å². The highest BCUT2D eigenvalue weighted by atomic mass is 16.4. The number of fused-ring (bicyclic) bond motifs is 1. The summed E-state index contributed by atoms with van der Waals surface area (Å²) in [5, 5.41) is 22.4. The summed E-state index contributed by atoms with van der Waals surface area (Å²) in [5.74, 6) is -2.22. The molecular weight excluding hydrogens is 388 g/mol. The van der Waals surface area contributed by atoms with Gasteiger partial charge in [-0.2, -0.15) is 0 Å². The van der Waals surface area contributed by atoms with Crippen molar-refractivity contribution in [3.8, 4) is 0 Å². The van der Waals surface area contributed by atoms with Crippen molar-refractivity contribution in [2.24, 2.45) is 10.9 Å². The van der Waals surface area contributed by atoms with Crippen LogP contribution in [0.5, 0.6) is 0 Å². The second-order valence-electron chi connectivity index (χ2n) is 8.04. The number of aliphatic carboxylic acids is 1. The lowest BCUT2D eigenvalue weighted by molar-refractivity contribution is -0.161. The molecule has 3 heterocycles. The van der Waals surface area contributed by atoms with Gasteiger partial charge in [-0.1, -0.05) is 24.3 Å². The number of benzene rings is 1. The van der Waals surface area contributed by atoms with E-state index in [4.69, 9.17) is 0 Å². The minimum Gasteiger partial charge on any atom is -0.477 e. The number of hydrogen-bond donors (Lipinski definition) is 3. The Labute approximate surface area is 173 Å². The van der Waals surface area contributed by atoms with Gasteiger partial charge in [-0.05, 0) is 30.0 Å². The summed E-state index contributed by atoms with van der Waals surface area (Å²) >= 11 is 0. The summed E-state index contributed by atoms with van der Waals surface area (Å²) in [6.45, 7) is 2.19. The molecule has 0 bridgehead atoms. The van der Waals surface area contributed by atoms with Crippen molar-refractivity contribution in [3.05, 3.63) is 41.1 Å². The first-order valence-corrected chi connectivity index (χ1v) is 9.86. The summed E-state index contributed by atoms with van der Waals surface area (Å²) in [6, 6.07) is 6.80. The van der Waals surface area contributed by atoms with Crippen LogP contribution in [-0.4, -0.2) is 76.0 Å². The van der Waals surface area contributed by atoms with Gasteiger partial charge in [-0.3, -0.25) is 9.59 Å². The van der Waals surface area contributed by atoms with Crippen LogP contribution in [0.25, 0.3) is 5.57 Å². The number of hydrogen-bond acceptors (Lipinski definition) is 6. The van der Waals surface area contributed by atoms with Gasteiger partial charge in [0.05, 0.1) is 37.4 Å². The van der Waals surface area contributed by atoms with Crippen LogP contribution in [-0.2, 0) is 20.8 Å². The second kappa shape index (κ2) is 7.56. The Balaban J connectivity index is 1.47. The molecule has 0 saturated carbocycles. The molecule has 1 unspecified atom stereocenters. The molecule has 9 nitrogen and oxygen atoms in total. The van der Waals surface area contributed by atoms with Crippen LogP contribution in [0.15, 0.2) is 35.0 Å². The predicted octanol–water partition coefficient (Wildman–Crippen LogP) is 0.0523. The number of aliphatic imine (C=N–C) groups is 1. The van der Waals surface area contributed by atoms with Crippen LogP contribution >= 0.6 is 0 Å². The number of rotatable bonds is 6. The fourth-order valence-corrected chi connectivity index (χ4v) is 4.42. The van der Waals surface area contributed by atoms with E-state index in [0.717, 1.165) is 5.56 Å². The van der Waals surface area contributed by atoms with Gasteiger partial charge in [0.2, 0.25) is 11.8 Å². The number of carboxylic acid groups (broad SMARTS) is 1. The molecule has 3 aliphatic heterocycles. The van der Waals surface area contributed by atoms with Gasteiger partial charge >= 0.3 is 5.97 Å². The third kappa shape index (κ3) is 3.45. The van der Waals surface area contributed by atoms with Crippen LogP contribution < -0.4 is 5.32 Å². The molecule has 1 aromatic carbocycles. The zero-order chi connectivity index (χ0) is 21.6. The number of carbonyl (C=O) groups is 3. The van der Waals surface area contributed by atoms with E-state index in [9.17, 15) is 24.6 Å². The van der Waals surface area contributed by atoms with E-state index in [1.54, 1.807) is 37.5 Å². The van der Waals surface area contributed by atoms with Crippen molar-refractivity contribution in [3.63, 3.8) is 0 Å². The van der Waals surface area contributed by atoms with Gasteiger partial charge in [0, 0.05) is 7.05 Å². The number of likely N-dealkylation sites (N-methyl/N-ethyl adjacent to an activating group) is 1. The molecular formula is C21H24N4O5. The van der Waals surface area contributed by atoms with Crippen molar-refractivity contribution >= 4 is 29.7 Å². The average molecular weight is 412 g/mol. The summed E-state index contributed by atoms with van der Waals surface area (Å²) in [4.78, 5) is 43.7. The number of nitrogens with zero attached hydrogens (tertiary/aromatic N) is 3. The second-order valence-corrected chi connectivity index (χ2v) is 8.04. The monoisotopic (exact) mass is 412 g/mol. The number of amides is 2. The first-order valence-electron chi connectivity index (χ1n) is 9.86. The van der Waals surface area contributed by atoms with Crippen molar-refractivity contribution < 1.29 is 24.6 Å². The van der Waals surface area contributed by atoms with Crippen molar-refractivity contribution in [1.29, 1.82) is 0 Å². The third-order valence-corrected chi connectivity index (χ3v) is 5.83. The molecule has 1 fully saturated rings. The molecule has 158 valence electrons. The SMILES string of the molecule is C[C@@H](O)[C@H]1C(=O)N2C(C(=O)O)=C(c3ccc(CC(=O)NC4CN(C)C=N4)cc3)C[C@H]12. The van der Waals surface area contributed by atoms with Crippen LogP contribution in [0.4, 0.5) is 0 Å². The fraction of sp³-hybridized carbons (Fsp3) is 0.429. The molecule has 3 aliphatic rings. The molecule has 9 heteroatoms. The minimum absolute atomic E-state index is 0.0180. The number of nitrogens with one attached hydrogen (secondary N) is 1. The van der Waals surface area contributed by atoms with E-state index in [1.807, 2.05) is 11.9 Å². The Hall–Kier alpha value is -3.20. The maximum atomic E-state index is 12.3. The maximum absolute atomic E-state index is 12.3. The molecule has 4 rings (SSSR count). The molecule has 30 heavy (non-hydrogen) atoms. The van der Waals surface area contributed by atoms with Gasteiger partial charge in [0.15, 0.2) is 0 Å². The van der Waals surface area contributed by atoms with Crippen molar-refractivity contribution in [1.82, 2.24) is 15.1 Å². The van der Waals surface area contributed by atoms with Crippen molar-refractivity contribution in [2.75, 3.05) is 13.6 Å². The Morgan fingerprint density at radius 1 is 1.30 bits per heavy atom. The molecule has 1 saturated heterocycles. The molecule has 2 amide bonds. The minimum atomic E-state index is -1.16. The zero-order valence-electron chi connectivity index (χ0n) is 16.8. The van der Waals surface area contributed by atoms with Gasteiger partial charge in [0.25, 0.3) is 0 Å². The number of carbonyl (C=O) groups excluding carboxylic acids is 2. The molecule has 1 aromatic rings. The maximum Gasteiger partial charge on any atom is 0.352 e. The Morgan fingerprint density at radius 2 is 2.00 bits per heavy atom. The Kier molecular flexibility index (Phi) is 5.07. The van der Waals surface area contributed by atoms with E-state index >= 15 is 0 Å². The normalized spacial score (nSPS) is 26.0. The molecule has 4 atom stereocenters. The number of aliphatic hydroxyl groups excluding tert-OH is 1. The van der Waals surface area contributed by atoms with Crippen LogP contribution in [0.2, 0.25) is 0 Å². The Morgan fingerprint density at radius 3 is 2.57 bits per heavy atom. The van der Waals surface area contributed by atoms with Gasteiger partial charge in [-0.15, -0.1) is 0 Å². The van der Waals surface area contributed by atoms with E-state index in [2.05, 4.69) is 10.3 Å². The third-order valence-electron chi connectivity index (χ3n) is 5.83. The summed E-state index contributed by atoms with van der Waals surface area (Å²) < 4.78 is 0. The van der Waals surface area contributed by atoms with E-state index in [0.29, 0.717) is 24.1 Å². The van der Waals surface area contributed by atoms with E-state index in [-0.39, 0.29) is 36.1 Å². The van der Waals surface area contributed by atoms with Gasteiger partial charge < -0.3 is 25.3 Å². The smallest absolute Gasteiger partial charge is 0.352 e. The molecule has 3 N–H and O–H groups in total. The van der Waals surface area contributed by atoms with Gasteiger partial charge in [-0.25, -0.2) is 9.79 Å². The lowest BCUT2D eigenvalue weighted by Crippen LogP contribution is -2.61. The van der Waals surface area contributed by atoms with Crippen LogP contribution in [0.3, 0.4) is 0 Å². The summed E-state index contributed by atoms with van der Waals surface area (Å²) in [6.07, 6.45) is 1.20. The number of carboxylic acids is 1. The molecule has 0 spiro atoms. The number of β-lactam (4-membered cyclic amide) rings is 1. The first-order chi connectivity index (χ1) is 14.3. The fourth-order valence-electron chi connectivity index (χ4n) is 4.42. The zero-order valence-corrected chi connectivity index (χ0v) is 16.8. The standard InChI is InChI=1S/C21H24N4O5/c1-11(26)18-15-8-14(19(21(29)30)25(15)20(18)28)13-5-3-12(4-6-13)7-17(27)23-16-9-24(2)10-22-16/h3-6,10-11,15-16,18,26H,7-9H2,1-2H3,(H,23,27)(H,29,30)/t11-,15-,16?,18-/m1/s1. The molecule has 0 aromatic heterocycles. The highest BCUT2D eigenvalue weighted by molar-refractivity contribution is 6.06. The van der Waals surface area contributed by atoms with Crippen molar-refractivity contribution in [2.45, 2.75) is 38.1 Å². The lowest BCUT2D eigenvalue weighted by atomic mass is 9.82. The summed E-state index contributed by atoms with van der Waals surface area (Å²) in [5.41, 5.74) is 2.05. The quantitative estimate of drug-likeness (QED) is 0.568. The number of aliphatic hydroxyl groups is 1. The first kappa shape index (κ1) is 20.1.